The highest BCUT2D eigenvalue weighted by Gasteiger charge is 2.14. The number of aryl methyl sites for hydroxylation is 1. The Labute approximate surface area is 147 Å². The SMILES string of the molecule is Cc1nc2c(NC(=O)c3cccc4ccccc34)cccn2c1Br. The first-order chi connectivity index (χ1) is 11.6. The van der Waals surface area contributed by atoms with Gasteiger partial charge in [0, 0.05) is 11.8 Å². The zero-order valence-electron chi connectivity index (χ0n) is 13.0. The Hall–Kier alpha value is -2.66. The van der Waals surface area contributed by atoms with E-state index in [0.717, 1.165) is 26.7 Å². The molecule has 118 valence electrons. The normalized spacial score (nSPS) is 11.1. The van der Waals surface area contributed by atoms with Crippen LogP contribution in [-0.4, -0.2) is 15.3 Å². The predicted molar refractivity (Wildman–Crippen MR) is 99.5 cm³/mol. The van der Waals surface area contributed by atoms with Crippen molar-refractivity contribution in [3.05, 3.63) is 76.7 Å². The summed E-state index contributed by atoms with van der Waals surface area (Å²) in [6, 6.07) is 17.4. The Morgan fingerprint density at radius 3 is 2.75 bits per heavy atom. The molecule has 0 bridgehead atoms. The number of hydrogen-bond donors (Lipinski definition) is 1. The smallest absolute Gasteiger partial charge is 0.256 e. The molecule has 0 atom stereocenters. The highest BCUT2D eigenvalue weighted by molar-refractivity contribution is 9.10. The molecule has 4 nitrogen and oxygen atoms in total. The van der Waals surface area contributed by atoms with Crippen molar-refractivity contribution in [3.8, 4) is 0 Å². The number of nitrogens with one attached hydrogen (secondary N) is 1. The molecule has 0 fully saturated rings. The van der Waals surface area contributed by atoms with Gasteiger partial charge >= 0.3 is 0 Å². The zero-order chi connectivity index (χ0) is 16.7. The van der Waals surface area contributed by atoms with Gasteiger partial charge in [0.05, 0.1) is 11.4 Å². The molecule has 1 amide bonds. The van der Waals surface area contributed by atoms with Gasteiger partial charge in [-0.1, -0.05) is 36.4 Å². The molecule has 5 heteroatoms. The third-order valence-electron chi connectivity index (χ3n) is 4.03. The van der Waals surface area contributed by atoms with Crippen LogP contribution in [0.3, 0.4) is 0 Å². The van der Waals surface area contributed by atoms with E-state index in [2.05, 4.69) is 26.2 Å². The minimum Gasteiger partial charge on any atom is -0.319 e. The average Bonchev–Trinajstić information content (AvgIpc) is 2.90. The van der Waals surface area contributed by atoms with Crippen LogP contribution in [0, 0.1) is 6.92 Å². The van der Waals surface area contributed by atoms with Gasteiger partial charge in [0.2, 0.25) is 0 Å². The highest BCUT2D eigenvalue weighted by Crippen LogP contribution is 2.25. The molecule has 0 spiro atoms. The number of pyridine rings is 1. The van der Waals surface area contributed by atoms with Gasteiger partial charge in [-0.05, 0) is 51.8 Å². The van der Waals surface area contributed by atoms with Gasteiger partial charge in [-0.25, -0.2) is 4.98 Å². The van der Waals surface area contributed by atoms with Crippen LogP contribution in [0.4, 0.5) is 5.69 Å². The van der Waals surface area contributed by atoms with Gasteiger partial charge in [0.15, 0.2) is 5.65 Å². The lowest BCUT2D eigenvalue weighted by molar-refractivity contribution is 0.102. The molecule has 0 aliphatic carbocycles. The number of carbonyl (C=O) groups is 1. The highest BCUT2D eigenvalue weighted by atomic mass is 79.9. The van der Waals surface area contributed by atoms with E-state index < -0.39 is 0 Å². The van der Waals surface area contributed by atoms with E-state index in [1.807, 2.05) is 72.1 Å². The standard InChI is InChI=1S/C19H14BrN3O/c1-12-17(20)23-11-5-10-16(18(23)21-12)22-19(24)15-9-4-7-13-6-2-3-8-14(13)15/h2-11H,1H3,(H,22,24). The number of nitrogens with zero attached hydrogens (tertiary/aromatic N) is 2. The van der Waals surface area contributed by atoms with Gasteiger partial charge in [0.1, 0.15) is 4.60 Å². The number of amides is 1. The van der Waals surface area contributed by atoms with Crippen LogP contribution in [0.2, 0.25) is 0 Å². The molecule has 4 aromatic rings. The summed E-state index contributed by atoms with van der Waals surface area (Å²) in [6.07, 6.45) is 1.91. The van der Waals surface area contributed by atoms with Gasteiger partial charge in [-0.15, -0.1) is 0 Å². The largest absolute Gasteiger partial charge is 0.319 e. The number of rotatable bonds is 2. The van der Waals surface area contributed by atoms with Crippen molar-refractivity contribution in [3.63, 3.8) is 0 Å². The van der Waals surface area contributed by atoms with Crippen LogP contribution >= 0.6 is 15.9 Å². The van der Waals surface area contributed by atoms with Crippen molar-refractivity contribution in [1.82, 2.24) is 9.38 Å². The number of hydrogen-bond acceptors (Lipinski definition) is 2. The van der Waals surface area contributed by atoms with Gasteiger partial charge in [-0.2, -0.15) is 0 Å². The Morgan fingerprint density at radius 1 is 1.08 bits per heavy atom. The fourth-order valence-electron chi connectivity index (χ4n) is 2.86. The van der Waals surface area contributed by atoms with Crippen molar-refractivity contribution < 1.29 is 4.79 Å². The summed E-state index contributed by atoms with van der Waals surface area (Å²) in [6.45, 7) is 1.92. The summed E-state index contributed by atoms with van der Waals surface area (Å²) < 4.78 is 2.80. The molecule has 0 aliphatic rings. The number of carbonyl (C=O) groups excluding carboxylic acids is 1. The van der Waals surface area contributed by atoms with Crippen molar-refractivity contribution in [1.29, 1.82) is 0 Å². The lowest BCUT2D eigenvalue weighted by atomic mass is 10.0. The number of imidazole rings is 1. The Kier molecular flexibility index (Phi) is 3.58. The zero-order valence-corrected chi connectivity index (χ0v) is 14.5. The monoisotopic (exact) mass is 379 g/mol. The number of aromatic nitrogens is 2. The van der Waals surface area contributed by atoms with Crippen LogP contribution in [0.25, 0.3) is 16.4 Å². The van der Waals surface area contributed by atoms with Crippen LogP contribution in [0.1, 0.15) is 16.1 Å². The predicted octanol–water partition coefficient (Wildman–Crippen LogP) is 4.81. The van der Waals surface area contributed by atoms with E-state index in [-0.39, 0.29) is 5.91 Å². The lowest BCUT2D eigenvalue weighted by Gasteiger charge is -2.09. The Morgan fingerprint density at radius 2 is 1.88 bits per heavy atom. The summed E-state index contributed by atoms with van der Waals surface area (Å²) in [7, 11) is 0. The maximum Gasteiger partial charge on any atom is 0.256 e. The van der Waals surface area contributed by atoms with Crippen LogP contribution in [0.15, 0.2) is 65.4 Å². The minimum absolute atomic E-state index is 0.142. The van der Waals surface area contributed by atoms with E-state index in [1.165, 1.54) is 0 Å². The van der Waals surface area contributed by atoms with E-state index >= 15 is 0 Å². The topological polar surface area (TPSA) is 46.4 Å². The maximum atomic E-state index is 12.8. The van der Waals surface area contributed by atoms with Crippen molar-refractivity contribution >= 4 is 43.9 Å². The van der Waals surface area contributed by atoms with Crippen molar-refractivity contribution in [2.24, 2.45) is 0 Å². The van der Waals surface area contributed by atoms with Crippen LogP contribution in [0.5, 0.6) is 0 Å². The summed E-state index contributed by atoms with van der Waals surface area (Å²) >= 11 is 3.52. The maximum absolute atomic E-state index is 12.8. The fourth-order valence-corrected chi connectivity index (χ4v) is 3.24. The first-order valence-electron chi connectivity index (χ1n) is 7.57. The molecule has 2 aromatic carbocycles. The second-order valence-corrected chi connectivity index (χ2v) is 6.34. The molecule has 1 N–H and O–H groups in total. The first kappa shape index (κ1) is 14.9. The molecule has 0 aliphatic heterocycles. The van der Waals surface area contributed by atoms with Crippen molar-refractivity contribution in [2.45, 2.75) is 6.92 Å². The van der Waals surface area contributed by atoms with Gasteiger partial charge in [0.25, 0.3) is 5.91 Å². The number of halogens is 1. The second kappa shape index (κ2) is 5.76. The molecular formula is C19H14BrN3O. The van der Waals surface area contributed by atoms with E-state index in [1.54, 1.807) is 0 Å². The molecule has 4 rings (SSSR count). The molecule has 2 heterocycles. The minimum atomic E-state index is -0.142. The van der Waals surface area contributed by atoms with E-state index in [0.29, 0.717) is 11.3 Å². The molecule has 0 unspecified atom stereocenters. The molecular weight excluding hydrogens is 366 g/mol. The quantitative estimate of drug-likeness (QED) is 0.543. The summed E-state index contributed by atoms with van der Waals surface area (Å²) in [4.78, 5) is 17.3. The lowest BCUT2D eigenvalue weighted by Crippen LogP contribution is -2.13. The number of fused-ring (bicyclic) bond motifs is 2. The summed E-state index contributed by atoms with van der Waals surface area (Å²) in [5.41, 5.74) is 2.93. The molecule has 24 heavy (non-hydrogen) atoms. The Bertz CT molecular complexity index is 1080. The number of benzene rings is 2. The van der Waals surface area contributed by atoms with E-state index in [9.17, 15) is 4.79 Å². The molecule has 2 aromatic heterocycles. The number of anilines is 1. The second-order valence-electron chi connectivity index (χ2n) is 5.58. The van der Waals surface area contributed by atoms with Gasteiger partial charge in [-0.3, -0.25) is 9.20 Å². The van der Waals surface area contributed by atoms with Crippen LogP contribution < -0.4 is 5.32 Å². The molecule has 0 radical (unpaired) electrons. The van der Waals surface area contributed by atoms with Crippen molar-refractivity contribution in [2.75, 3.05) is 5.32 Å². The molecule has 0 saturated carbocycles. The fraction of sp³-hybridized carbons (Fsp3) is 0.0526. The summed E-state index contributed by atoms with van der Waals surface area (Å²) in [5.74, 6) is -0.142. The first-order valence-corrected chi connectivity index (χ1v) is 8.37. The average molecular weight is 380 g/mol. The third kappa shape index (κ3) is 2.37. The third-order valence-corrected chi connectivity index (χ3v) is 4.99. The molecule has 0 saturated heterocycles. The van der Waals surface area contributed by atoms with Gasteiger partial charge < -0.3 is 5.32 Å². The van der Waals surface area contributed by atoms with Crippen LogP contribution in [-0.2, 0) is 0 Å². The van der Waals surface area contributed by atoms with E-state index in [4.69, 9.17) is 0 Å². The summed E-state index contributed by atoms with van der Waals surface area (Å²) in [5, 5.41) is 4.97. The Balaban J connectivity index is 1.78.